The molecule has 1 saturated carbocycles. The molecule has 0 radical (unpaired) electrons. The van der Waals surface area contributed by atoms with E-state index in [1.807, 2.05) is 10.6 Å². The van der Waals surface area contributed by atoms with Gasteiger partial charge in [0.1, 0.15) is 0 Å². The zero-order valence-corrected chi connectivity index (χ0v) is 22.0. The third kappa shape index (κ3) is 4.90. The summed E-state index contributed by atoms with van der Waals surface area (Å²) in [6.45, 7) is 1.94. The number of aliphatic hydroxyl groups is 1. The van der Waals surface area contributed by atoms with Crippen LogP contribution in [0.2, 0.25) is 0 Å². The summed E-state index contributed by atoms with van der Waals surface area (Å²) in [5.74, 6) is 0.956. The minimum Gasteiger partial charge on any atom is -0.395 e. The van der Waals surface area contributed by atoms with Gasteiger partial charge in [0.2, 0.25) is 10.0 Å². The SMILES string of the molecule is O=C1Nc2cn3ccnc3c(n2)NCCCC2(CC2)C2CCN(CC2)c2cc(NS(=O)(=O)CCO)ccc21. The lowest BCUT2D eigenvalue weighted by Gasteiger charge is -2.38. The Balaban J connectivity index is 1.38. The van der Waals surface area contributed by atoms with Crippen LogP contribution >= 0.6 is 0 Å². The van der Waals surface area contributed by atoms with Crippen LogP contribution in [-0.2, 0) is 10.0 Å². The van der Waals surface area contributed by atoms with Crippen LogP contribution in [0.15, 0.2) is 36.8 Å². The number of piperidine rings is 1. The maximum absolute atomic E-state index is 13.6. The lowest BCUT2D eigenvalue weighted by atomic mass is 9.78. The summed E-state index contributed by atoms with van der Waals surface area (Å²) in [6, 6.07) is 4.95. The summed E-state index contributed by atoms with van der Waals surface area (Å²) in [5.41, 5.74) is 2.61. The first kappa shape index (κ1) is 24.9. The van der Waals surface area contributed by atoms with Gasteiger partial charge in [0.15, 0.2) is 17.3 Å². The molecular weight excluding hydrogens is 506 g/mol. The molecule has 1 amide bonds. The number of amides is 1. The molecular formula is C26H33N7O4S. The third-order valence-corrected chi connectivity index (χ3v) is 9.50. The van der Waals surface area contributed by atoms with E-state index in [4.69, 9.17) is 5.11 Å². The molecule has 0 atom stereocenters. The van der Waals surface area contributed by atoms with Crippen molar-refractivity contribution in [1.29, 1.82) is 0 Å². The Kier molecular flexibility index (Phi) is 6.39. The average molecular weight is 540 g/mol. The number of sulfonamides is 1. The fraction of sp³-hybridized carbons (Fsp3) is 0.500. The summed E-state index contributed by atoms with van der Waals surface area (Å²) in [5, 5.41) is 15.5. The highest BCUT2D eigenvalue weighted by molar-refractivity contribution is 7.92. The van der Waals surface area contributed by atoms with Crippen molar-refractivity contribution in [1.82, 2.24) is 14.4 Å². The van der Waals surface area contributed by atoms with Crippen LogP contribution in [0.3, 0.4) is 0 Å². The predicted octanol–water partition coefficient (Wildman–Crippen LogP) is 2.92. The molecule has 1 saturated heterocycles. The molecule has 2 aromatic heterocycles. The molecule has 1 aromatic carbocycles. The monoisotopic (exact) mass is 539 g/mol. The second kappa shape index (κ2) is 9.73. The Labute approximate surface area is 221 Å². The lowest BCUT2D eigenvalue weighted by molar-refractivity contribution is 0.102. The third-order valence-electron chi connectivity index (χ3n) is 8.23. The van der Waals surface area contributed by atoms with E-state index in [0.29, 0.717) is 45.6 Å². The molecule has 5 heterocycles. The van der Waals surface area contributed by atoms with Gasteiger partial charge in [-0.25, -0.2) is 18.4 Å². The summed E-state index contributed by atoms with van der Waals surface area (Å²) >= 11 is 0. The van der Waals surface area contributed by atoms with Crippen molar-refractivity contribution < 1.29 is 18.3 Å². The maximum atomic E-state index is 13.6. The molecule has 0 unspecified atom stereocenters. The van der Waals surface area contributed by atoms with E-state index >= 15 is 0 Å². The number of benzene rings is 1. The first-order chi connectivity index (χ1) is 18.4. The molecule has 1 aliphatic carbocycles. The smallest absolute Gasteiger partial charge is 0.258 e. The van der Waals surface area contributed by atoms with Crippen molar-refractivity contribution in [3.63, 3.8) is 0 Å². The van der Waals surface area contributed by atoms with Crippen LogP contribution in [-0.4, -0.2) is 65.8 Å². The normalized spacial score (nSPS) is 19.7. The number of anilines is 4. The minimum absolute atomic E-state index is 0.324. The number of aromatic nitrogens is 3. The molecule has 3 aliphatic heterocycles. The van der Waals surface area contributed by atoms with Crippen LogP contribution in [0.25, 0.3) is 5.65 Å². The summed E-state index contributed by atoms with van der Waals surface area (Å²) in [6.07, 6.45) is 12.1. The first-order valence-electron chi connectivity index (χ1n) is 13.3. The highest BCUT2D eigenvalue weighted by atomic mass is 32.2. The molecule has 12 heteroatoms. The van der Waals surface area contributed by atoms with E-state index in [-0.39, 0.29) is 5.91 Å². The molecule has 3 aromatic rings. The summed E-state index contributed by atoms with van der Waals surface area (Å²) in [4.78, 5) is 24.8. The highest BCUT2D eigenvalue weighted by Crippen LogP contribution is 2.58. The molecule has 4 aliphatic rings. The number of carbonyl (C=O) groups excluding carboxylic acids is 1. The maximum Gasteiger partial charge on any atom is 0.258 e. The van der Waals surface area contributed by atoms with Gasteiger partial charge in [-0.15, -0.1) is 0 Å². The molecule has 202 valence electrons. The second-order valence-corrected chi connectivity index (χ2v) is 12.5. The van der Waals surface area contributed by atoms with E-state index in [1.165, 1.54) is 19.3 Å². The number of carbonyl (C=O) groups is 1. The van der Waals surface area contributed by atoms with Crippen molar-refractivity contribution in [2.75, 3.05) is 52.2 Å². The number of nitrogens with zero attached hydrogens (tertiary/aromatic N) is 4. The van der Waals surface area contributed by atoms with Crippen LogP contribution < -0.4 is 20.3 Å². The summed E-state index contributed by atoms with van der Waals surface area (Å²) < 4.78 is 29.0. The zero-order valence-electron chi connectivity index (χ0n) is 21.2. The molecule has 11 nitrogen and oxygen atoms in total. The second-order valence-electron chi connectivity index (χ2n) is 10.6. The van der Waals surface area contributed by atoms with E-state index in [9.17, 15) is 13.2 Å². The Morgan fingerprint density at radius 1 is 1.18 bits per heavy atom. The van der Waals surface area contributed by atoms with Gasteiger partial charge in [0.05, 0.1) is 35.5 Å². The Morgan fingerprint density at radius 3 is 2.76 bits per heavy atom. The fourth-order valence-electron chi connectivity index (χ4n) is 6.10. The Hall–Kier alpha value is -3.38. The number of aliphatic hydroxyl groups excluding tert-OH is 1. The van der Waals surface area contributed by atoms with Crippen molar-refractivity contribution >= 4 is 44.6 Å². The van der Waals surface area contributed by atoms with Crippen molar-refractivity contribution in [2.45, 2.75) is 38.5 Å². The molecule has 38 heavy (non-hydrogen) atoms. The van der Waals surface area contributed by atoms with Crippen LogP contribution in [0.1, 0.15) is 48.9 Å². The van der Waals surface area contributed by atoms with Crippen molar-refractivity contribution in [3.8, 4) is 0 Å². The fourth-order valence-corrected chi connectivity index (χ4v) is 6.93. The van der Waals surface area contributed by atoms with E-state index in [0.717, 1.165) is 38.9 Å². The molecule has 7 rings (SSSR count). The molecule has 4 bridgehead atoms. The van der Waals surface area contributed by atoms with Gasteiger partial charge in [-0.1, -0.05) is 0 Å². The summed E-state index contributed by atoms with van der Waals surface area (Å²) in [7, 11) is -3.70. The van der Waals surface area contributed by atoms with Gasteiger partial charge in [-0.2, -0.15) is 0 Å². The number of imidazole rings is 1. The van der Waals surface area contributed by atoms with Crippen LogP contribution in [0, 0.1) is 11.3 Å². The van der Waals surface area contributed by atoms with Crippen molar-refractivity contribution in [3.05, 3.63) is 42.4 Å². The average Bonchev–Trinajstić information content (AvgIpc) is 3.53. The van der Waals surface area contributed by atoms with Gasteiger partial charge >= 0.3 is 0 Å². The Bertz CT molecular complexity index is 1460. The molecule has 4 N–H and O–H groups in total. The number of fused-ring (bicyclic) bond motifs is 7. The topological polar surface area (TPSA) is 141 Å². The van der Waals surface area contributed by atoms with E-state index in [1.54, 1.807) is 30.6 Å². The number of rotatable bonds is 4. The van der Waals surface area contributed by atoms with E-state index in [2.05, 4.69) is 30.2 Å². The molecule has 1 spiro atoms. The number of hydrogen-bond donors (Lipinski definition) is 4. The van der Waals surface area contributed by atoms with Crippen LogP contribution in [0.4, 0.5) is 23.0 Å². The van der Waals surface area contributed by atoms with Gasteiger partial charge in [-0.05, 0) is 68.1 Å². The van der Waals surface area contributed by atoms with Crippen molar-refractivity contribution in [2.24, 2.45) is 11.3 Å². The molecule has 2 fully saturated rings. The van der Waals surface area contributed by atoms with Gasteiger partial charge in [0, 0.05) is 32.0 Å². The standard InChI is InChI=1S/C26H33N7O4S/c34-14-15-38(36,37)31-19-2-3-20-21(16-19)32-11-4-18(5-12-32)26(7-8-26)6-1-9-27-23-24-28-10-13-33(24)17-22(29-23)30-25(20)35/h2-3,10,13,16-18,31,34H,1,4-9,11-12,14-15H2,(H,27,29)(H,30,35). The zero-order chi connectivity index (χ0) is 26.3. The Morgan fingerprint density at radius 2 is 2.00 bits per heavy atom. The predicted molar refractivity (Wildman–Crippen MR) is 146 cm³/mol. The van der Waals surface area contributed by atoms with Gasteiger partial charge in [0.25, 0.3) is 5.91 Å². The van der Waals surface area contributed by atoms with Gasteiger partial charge in [-0.3, -0.25) is 9.52 Å². The minimum atomic E-state index is -3.70. The first-order valence-corrected chi connectivity index (χ1v) is 14.9. The largest absolute Gasteiger partial charge is 0.395 e. The lowest BCUT2D eigenvalue weighted by Crippen LogP contribution is -2.38. The number of hydrogen-bond acceptors (Lipinski definition) is 8. The highest BCUT2D eigenvalue weighted by Gasteiger charge is 2.48. The van der Waals surface area contributed by atoms with E-state index < -0.39 is 22.4 Å². The number of nitrogens with one attached hydrogen (secondary N) is 3. The van der Waals surface area contributed by atoms with Gasteiger partial charge < -0.3 is 25.0 Å². The quantitative estimate of drug-likeness (QED) is 0.397. The van der Waals surface area contributed by atoms with Crippen LogP contribution in [0.5, 0.6) is 0 Å².